The zero-order chi connectivity index (χ0) is 15.4. The summed E-state index contributed by atoms with van der Waals surface area (Å²) in [6.07, 6.45) is 0. The second-order valence-electron chi connectivity index (χ2n) is 4.88. The first kappa shape index (κ1) is 15.4. The number of hydrogen-bond donors (Lipinski definition) is 0. The Labute approximate surface area is 126 Å². The van der Waals surface area contributed by atoms with E-state index >= 15 is 0 Å². The van der Waals surface area contributed by atoms with Crippen molar-refractivity contribution in [2.75, 3.05) is 0 Å². The molecule has 0 saturated heterocycles. The maximum absolute atomic E-state index is 13.3. The standard InChI is InChI=1S/C14H16FN5S/c1-9(2)13-14(20(3)12(18-13)8-17-19-16)21-11-6-4-5-10(15)7-11/h4-7,9H,8H2,1-3H3. The summed E-state index contributed by atoms with van der Waals surface area (Å²) >= 11 is 1.46. The molecule has 2 aromatic rings. The van der Waals surface area contributed by atoms with Crippen molar-refractivity contribution in [3.05, 3.63) is 52.0 Å². The second kappa shape index (κ2) is 6.65. The van der Waals surface area contributed by atoms with Gasteiger partial charge in [0.25, 0.3) is 0 Å². The topological polar surface area (TPSA) is 66.6 Å². The average Bonchev–Trinajstić information content (AvgIpc) is 2.74. The van der Waals surface area contributed by atoms with Crippen molar-refractivity contribution in [1.29, 1.82) is 0 Å². The van der Waals surface area contributed by atoms with E-state index in [4.69, 9.17) is 5.53 Å². The van der Waals surface area contributed by atoms with Crippen molar-refractivity contribution in [3.63, 3.8) is 0 Å². The van der Waals surface area contributed by atoms with Crippen LogP contribution < -0.4 is 0 Å². The molecule has 0 aliphatic heterocycles. The Bertz CT molecular complexity index is 689. The molecule has 1 heterocycles. The van der Waals surface area contributed by atoms with Crippen molar-refractivity contribution < 1.29 is 4.39 Å². The molecule has 0 atom stereocenters. The highest BCUT2D eigenvalue weighted by atomic mass is 32.2. The summed E-state index contributed by atoms with van der Waals surface area (Å²) in [4.78, 5) is 8.13. The molecular formula is C14H16FN5S. The number of nitrogens with zero attached hydrogens (tertiary/aromatic N) is 5. The average molecular weight is 305 g/mol. The minimum absolute atomic E-state index is 0.205. The SMILES string of the molecule is CC(C)c1nc(CN=[N+]=[N-])n(C)c1Sc1cccc(F)c1. The van der Waals surface area contributed by atoms with Crippen LogP contribution in [0.4, 0.5) is 4.39 Å². The van der Waals surface area contributed by atoms with Crippen LogP contribution in [0.2, 0.25) is 0 Å². The van der Waals surface area contributed by atoms with Crippen LogP contribution in [0, 0.1) is 5.82 Å². The van der Waals surface area contributed by atoms with Gasteiger partial charge in [-0.1, -0.05) is 36.8 Å². The number of benzene rings is 1. The summed E-state index contributed by atoms with van der Waals surface area (Å²) in [5.41, 5.74) is 9.37. The Morgan fingerprint density at radius 2 is 2.24 bits per heavy atom. The molecule has 0 radical (unpaired) electrons. The van der Waals surface area contributed by atoms with Gasteiger partial charge in [0.15, 0.2) is 0 Å². The van der Waals surface area contributed by atoms with Crippen LogP contribution in [0.3, 0.4) is 0 Å². The van der Waals surface area contributed by atoms with E-state index in [1.165, 1.54) is 23.9 Å². The summed E-state index contributed by atoms with van der Waals surface area (Å²) in [7, 11) is 1.88. The summed E-state index contributed by atoms with van der Waals surface area (Å²) in [6.45, 7) is 4.31. The molecule has 0 unspecified atom stereocenters. The van der Waals surface area contributed by atoms with Gasteiger partial charge in [-0.15, -0.1) is 0 Å². The Kier molecular flexibility index (Phi) is 4.88. The van der Waals surface area contributed by atoms with Crippen molar-refractivity contribution in [2.45, 2.75) is 36.2 Å². The number of aromatic nitrogens is 2. The van der Waals surface area contributed by atoms with Crippen LogP contribution >= 0.6 is 11.8 Å². The molecule has 21 heavy (non-hydrogen) atoms. The third-order valence-corrected chi connectivity index (χ3v) is 4.16. The number of rotatable bonds is 5. The second-order valence-corrected chi connectivity index (χ2v) is 5.94. The Hall–Kier alpha value is -1.98. The first-order valence-electron chi connectivity index (χ1n) is 6.52. The maximum atomic E-state index is 13.3. The Morgan fingerprint density at radius 1 is 1.48 bits per heavy atom. The molecule has 0 fully saturated rings. The van der Waals surface area contributed by atoms with Gasteiger partial charge in [-0.3, -0.25) is 0 Å². The van der Waals surface area contributed by atoms with Gasteiger partial charge in [-0.25, -0.2) is 9.37 Å². The fourth-order valence-electron chi connectivity index (χ4n) is 1.93. The van der Waals surface area contributed by atoms with E-state index in [0.29, 0.717) is 5.82 Å². The molecular weight excluding hydrogens is 289 g/mol. The van der Waals surface area contributed by atoms with Gasteiger partial charge in [-0.2, -0.15) is 0 Å². The summed E-state index contributed by atoms with van der Waals surface area (Å²) < 4.78 is 15.2. The van der Waals surface area contributed by atoms with E-state index in [1.807, 2.05) is 17.7 Å². The quantitative estimate of drug-likeness (QED) is 0.458. The molecule has 5 nitrogen and oxygen atoms in total. The molecule has 0 aliphatic rings. The molecule has 0 amide bonds. The molecule has 7 heteroatoms. The maximum Gasteiger partial charge on any atom is 0.124 e. The van der Waals surface area contributed by atoms with Crippen LogP contribution in [0.5, 0.6) is 0 Å². The summed E-state index contributed by atoms with van der Waals surface area (Å²) in [5.74, 6) is 0.671. The fourth-order valence-corrected chi connectivity index (χ4v) is 3.10. The van der Waals surface area contributed by atoms with Crippen molar-refractivity contribution in [2.24, 2.45) is 12.2 Å². The van der Waals surface area contributed by atoms with Gasteiger partial charge < -0.3 is 4.57 Å². The van der Waals surface area contributed by atoms with Gasteiger partial charge >= 0.3 is 0 Å². The van der Waals surface area contributed by atoms with Crippen molar-refractivity contribution >= 4 is 11.8 Å². The van der Waals surface area contributed by atoms with Crippen molar-refractivity contribution in [3.8, 4) is 0 Å². The fraction of sp³-hybridized carbons (Fsp3) is 0.357. The molecule has 0 N–H and O–H groups in total. The van der Waals surface area contributed by atoms with E-state index in [2.05, 4.69) is 28.9 Å². The number of azide groups is 1. The first-order chi connectivity index (χ1) is 10.0. The zero-order valence-electron chi connectivity index (χ0n) is 12.1. The molecule has 110 valence electrons. The van der Waals surface area contributed by atoms with Crippen LogP contribution in [-0.4, -0.2) is 9.55 Å². The lowest BCUT2D eigenvalue weighted by Gasteiger charge is -2.08. The minimum Gasteiger partial charge on any atom is -0.326 e. The molecule has 0 saturated carbocycles. The normalized spacial score (nSPS) is 10.7. The van der Waals surface area contributed by atoms with Gasteiger partial charge in [0.1, 0.15) is 16.7 Å². The highest BCUT2D eigenvalue weighted by molar-refractivity contribution is 7.99. The van der Waals surface area contributed by atoms with E-state index in [9.17, 15) is 4.39 Å². The third-order valence-electron chi connectivity index (χ3n) is 2.99. The third kappa shape index (κ3) is 3.56. The largest absolute Gasteiger partial charge is 0.326 e. The Morgan fingerprint density at radius 3 is 2.86 bits per heavy atom. The monoisotopic (exact) mass is 305 g/mol. The van der Waals surface area contributed by atoms with Gasteiger partial charge in [0, 0.05) is 16.9 Å². The van der Waals surface area contributed by atoms with Crippen LogP contribution in [0.25, 0.3) is 10.4 Å². The van der Waals surface area contributed by atoms with E-state index in [-0.39, 0.29) is 18.3 Å². The lowest BCUT2D eigenvalue weighted by molar-refractivity contribution is 0.624. The van der Waals surface area contributed by atoms with Gasteiger partial charge in [-0.05, 0) is 29.6 Å². The van der Waals surface area contributed by atoms with Gasteiger partial charge in [0.05, 0.1) is 12.2 Å². The molecule has 0 spiro atoms. The summed E-state index contributed by atoms with van der Waals surface area (Å²) in [5, 5.41) is 4.51. The summed E-state index contributed by atoms with van der Waals surface area (Å²) in [6, 6.07) is 6.46. The van der Waals surface area contributed by atoms with Crippen molar-refractivity contribution in [1.82, 2.24) is 9.55 Å². The number of hydrogen-bond acceptors (Lipinski definition) is 3. The van der Waals surface area contributed by atoms with E-state index in [1.54, 1.807) is 6.07 Å². The zero-order valence-corrected chi connectivity index (χ0v) is 12.9. The van der Waals surface area contributed by atoms with Crippen LogP contribution in [0.1, 0.15) is 31.3 Å². The predicted octanol–water partition coefficient (Wildman–Crippen LogP) is 4.64. The number of halogens is 1. The molecule has 1 aromatic carbocycles. The molecule has 1 aromatic heterocycles. The van der Waals surface area contributed by atoms with Crippen LogP contribution in [-0.2, 0) is 13.6 Å². The lowest BCUT2D eigenvalue weighted by Crippen LogP contribution is -1.97. The molecule has 0 aliphatic carbocycles. The van der Waals surface area contributed by atoms with E-state index < -0.39 is 0 Å². The van der Waals surface area contributed by atoms with E-state index in [0.717, 1.165) is 15.6 Å². The lowest BCUT2D eigenvalue weighted by atomic mass is 10.2. The predicted molar refractivity (Wildman–Crippen MR) is 80.7 cm³/mol. The highest BCUT2D eigenvalue weighted by Gasteiger charge is 2.18. The van der Waals surface area contributed by atoms with Gasteiger partial charge in [0.2, 0.25) is 0 Å². The molecule has 0 bridgehead atoms. The highest BCUT2D eigenvalue weighted by Crippen LogP contribution is 2.34. The smallest absolute Gasteiger partial charge is 0.124 e. The Balaban J connectivity index is 2.41. The minimum atomic E-state index is -0.262. The van der Waals surface area contributed by atoms with Crippen LogP contribution in [0.15, 0.2) is 39.3 Å². The first-order valence-corrected chi connectivity index (χ1v) is 7.34. The number of imidazole rings is 1. The molecule has 2 rings (SSSR count).